The van der Waals surface area contributed by atoms with Crippen molar-refractivity contribution in [2.75, 3.05) is 13.1 Å². The van der Waals surface area contributed by atoms with E-state index in [2.05, 4.69) is 43.0 Å². The monoisotopic (exact) mass is 436 g/mol. The van der Waals surface area contributed by atoms with Crippen LogP contribution in [0.5, 0.6) is 0 Å². The van der Waals surface area contributed by atoms with Gasteiger partial charge < -0.3 is 5.11 Å². The van der Waals surface area contributed by atoms with Crippen LogP contribution in [0.1, 0.15) is 42.0 Å². The Labute approximate surface area is 165 Å². The molecule has 2 aromatic rings. The average molecular weight is 437 g/mol. The van der Waals surface area contributed by atoms with Crippen LogP contribution in [0.4, 0.5) is 0 Å². The number of aliphatic hydroxyl groups is 1. The van der Waals surface area contributed by atoms with Crippen LogP contribution in [-0.4, -0.2) is 55.1 Å². The molecule has 1 fully saturated rings. The van der Waals surface area contributed by atoms with Crippen LogP contribution in [0.3, 0.4) is 0 Å². The molecule has 2 aliphatic rings. The molecule has 2 atom stereocenters. The van der Waals surface area contributed by atoms with Gasteiger partial charge in [-0.15, -0.1) is 5.10 Å². The molecule has 138 valence electrons. The van der Waals surface area contributed by atoms with Crippen molar-refractivity contribution < 1.29 is 9.90 Å². The summed E-state index contributed by atoms with van der Waals surface area (Å²) in [7, 11) is 0. The fourth-order valence-electron chi connectivity index (χ4n) is 3.62. The van der Waals surface area contributed by atoms with Crippen LogP contribution in [-0.2, 0) is 6.42 Å². The predicted molar refractivity (Wildman–Crippen MR) is 103 cm³/mol. The number of fused-ring (bicyclic) bond motifs is 1. The maximum absolute atomic E-state index is 13.1. The summed E-state index contributed by atoms with van der Waals surface area (Å²) < 4.78 is 2.47. The summed E-state index contributed by atoms with van der Waals surface area (Å²) >= 11 is 5.05. The van der Waals surface area contributed by atoms with Crippen molar-refractivity contribution in [2.24, 2.45) is 0 Å². The standard InChI is InChI=1S/C18H21BrN4O2S/c1-2-14-20-18-23(21-14)17(25)16(26-18)15(11-4-3-5-12(19)10-11)22-8-6-13(24)7-9-22/h3-5,10,13,15-16,24H,2,6-9H2,1H3. The van der Waals surface area contributed by atoms with Crippen molar-refractivity contribution >= 4 is 33.6 Å². The minimum absolute atomic E-state index is 0.00621. The Kier molecular flexibility index (Phi) is 5.18. The number of nitrogens with zero attached hydrogens (tertiary/aromatic N) is 4. The van der Waals surface area contributed by atoms with E-state index in [4.69, 9.17) is 0 Å². The zero-order valence-corrected chi connectivity index (χ0v) is 16.9. The molecule has 0 bridgehead atoms. The highest BCUT2D eigenvalue weighted by atomic mass is 79.9. The van der Waals surface area contributed by atoms with Crippen LogP contribution in [0.2, 0.25) is 0 Å². The Morgan fingerprint density at radius 1 is 1.38 bits per heavy atom. The summed E-state index contributed by atoms with van der Waals surface area (Å²) in [6.07, 6.45) is 1.94. The summed E-state index contributed by atoms with van der Waals surface area (Å²) in [4.78, 5) is 19.9. The molecule has 8 heteroatoms. The number of piperidine rings is 1. The van der Waals surface area contributed by atoms with Crippen molar-refractivity contribution in [3.63, 3.8) is 0 Å². The van der Waals surface area contributed by atoms with Gasteiger partial charge in [0.2, 0.25) is 0 Å². The first-order chi connectivity index (χ1) is 12.6. The van der Waals surface area contributed by atoms with E-state index in [1.807, 2.05) is 19.1 Å². The Morgan fingerprint density at radius 3 is 2.81 bits per heavy atom. The van der Waals surface area contributed by atoms with Crippen LogP contribution < -0.4 is 0 Å². The molecule has 0 amide bonds. The maximum atomic E-state index is 13.1. The lowest BCUT2D eigenvalue weighted by Gasteiger charge is -2.38. The first-order valence-electron chi connectivity index (χ1n) is 8.91. The first-order valence-corrected chi connectivity index (χ1v) is 10.6. The van der Waals surface area contributed by atoms with Gasteiger partial charge in [0.1, 0.15) is 5.25 Å². The molecule has 2 aliphatic heterocycles. The number of halogens is 1. The number of hydrogen-bond acceptors (Lipinski definition) is 6. The molecule has 26 heavy (non-hydrogen) atoms. The van der Waals surface area contributed by atoms with E-state index in [1.165, 1.54) is 16.4 Å². The highest BCUT2D eigenvalue weighted by Gasteiger charge is 2.43. The second-order valence-electron chi connectivity index (χ2n) is 6.72. The zero-order valence-electron chi connectivity index (χ0n) is 14.5. The van der Waals surface area contributed by atoms with E-state index in [-0.39, 0.29) is 23.3 Å². The zero-order chi connectivity index (χ0) is 18.3. The van der Waals surface area contributed by atoms with E-state index in [0.29, 0.717) is 11.0 Å². The number of aryl methyl sites for hydroxylation is 1. The molecule has 2 unspecified atom stereocenters. The van der Waals surface area contributed by atoms with Gasteiger partial charge in [0, 0.05) is 24.0 Å². The molecule has 0 aliphatic carbocycles. The van der Waals surface area contributed by atoms with Crippen LogP contribution >= 0.6 is 27.7 Å². The van der Waals surface area contributed by atoms with Gasteiger partial charge in [-0.2, -0.15) is 4.68 Å². The minimum Gasteiger partial charge on any atom is -0.393 e. The Bertz CT molecular complexity index is 819. The quantitative estimate of drug-likeness (QED) is 0.794. The Morgan fingerprint density at radius 2 is 2.15 bits per heavy atom. The topological polar surface area (TPSA) is 71.2 Å². The number of carbonyl (C=O) groups is 1. The molecule has 1 N–H and O–H groups in total. The third-order valence-electron chi connectivity index (χ3n) is 4.99. The summed E-state index contributed by atoms with van der Waals surface area (Å²) in [6.45, 7) is 3.54. The van der Waals surface area contributed by atoms with Crippen LogP contribution in [0.25, 0.3) is 0 Å². The van der Waals surface area contributed by atoms with Gasteiger partial charge in [-0.25, -0.2) is 4.98 Å². The van der Waals surface area contributed by atoms with Gasteiger partial charge in [-0.05, 0) is 30.5 Å². The molecule has 4 rings (SSSR count). The smallest absolute Gasteiger partial charge is 0.264 e. The van der Waals surface area contributed by atoms with E-state index >= 15 is 0 Å². The normalized spacial score (nSPS) is 22.6. The lowest BCUT2D eigenvalue weighted by molar-refractivity contribution is 0.0551. The van der Waals surface area contributed by atoms with E-state index in [1.54, 1.807) is 0 Å². The number of thioether (sulfide) groups is 1. The highest BCUT2D eigenvalue weighted by Crippen LogP contribution is 2.42. The Balaban J connectivity index is 1.67. The number of likely N-dealkylation sites (tertiary alicyclic amines) is 1. The van der Waals surface area contributed by atoms with Gasteiger partial charge in [0.25, 0.3) is 5.91 Å². The van der Waals surface area contributed by atoms with Crippen LogP contribution in [0, 0.1) is 0 Å². The molecule has 1 aromatic heterocycles. The largest absolute Gasteiger partial charge is 0.393 e. The summed E-state index contributed by atoms with van der Waals surface area (Å²) in [6, 6.07) is 8.08. The van der Waals surface area contributed by atoms with E-state index in [9.17, 15) is 9.90 Å². The number of hydrogen-bond donors (Lipinski definition) is 1. The van der Waals surface area contributed by atoms with Crippen molar-refractivity contribution in [3.8, 4) is 0 Å². The highest BCUT2D eigenvalue weighted by molar-refractivity contribution is 9.10. The lowest BCUT2D eigenvalue weighted by Crippen LogP contribution is -2.44. The molecule has 0 radical (unpaired) electrons. The number of aliphatic hydroxyl groups excluding tert-OH is 1. The van der Waals surface area contributed by atoms with Crippen LogP contribution in [0.15, 0.2) is 33.9 Å². The molecular formula is C18H21BrN4O2S. The third-order valence-corrected chi connectivity index (χ3v) is 6.67. The summed E-state index contributed by atoms with van der Waals surface area (Å²) in [5.41, 5.74) is 1.10. The number of benzene rings is 1. The minimum atomic E-state index is -0.277. The number of aromatic nitrogens is 3. The molecule has 1 saturated heterocycles. The van der Waals surface area contributed by atoms with Gasteiger partial charge in [0.15, 0.2) is 11.0 Å². The second-order valence-corrected chi connectivity index (χ2v) is 8.74. The number of carbonyl (C=O) groups excluding carboxylic acids is 1. The van der Waals surface area contributed by atoms with E-state index < -0.39 is 0 Å². The maximum Gasteiger partial charge on any atom is 0.264 e. The molecule has 0 saturated carbocycles. The SMILES string of the molecule is CCc1nc2n(n1)C(=O)C(C(c1cccc(Br)c1)N1CCC(O)CC1)S2. The third kappa shape index (κ3) is 3.35. The fraction of sp³-hybridized carbons (Fsp3) is 0.500. The molecular weight excluding hydrogens is 416 g/mol. The van der Waals surface area contributed by atoms with Gasteiger partial charge >= 0.3 is 0 Å². The first kappa shape index (κ1) is 18.2. The van der Waals surface area contributed by atoms with Crippen molar-refractivity contribution in [1.82, 2.24) is 19.7 Å². The van der Waals surface area contributed by atoms with E-state index in [0.717, 1.165) is 42.4 Å². The summed E-state index contributed by atoms with van der Waals surface area (Å²) in [5, 5.41) is 14.6. The molecule has 1 aromatic carbocycles. The second kappa shape index (κ2) is 7.42. The molecule has 3 heterocycles. The molecule has 6 nitrogen and oxygen atoms in total. The van der Waals surface area contributed by atoms with Crippen molar-refractivity contribution in [3.05, 3.63) is 40.1 Å². The summed E-state index contributed by atoms with van der Waals surface area (Å²) in [5.74, 6) is 0.702. The predicted octanol–water partition coefficient (Wildman–Crippen LogP) is 2.92. The Hall–Kier alpha value is -1.22. The number of rotatable bonds is 4. The van der Waals surface area contributed by atoms with Gasteiger partial charge in [-0.1, -0.05) is 46.7 Å². The van der Waals surface area contributed by atoms with Gasteiger partial charge in [-0.3, -0.25) is 9.69 Å². The lowest BCUT2D eigenvalue weighted by atomic mass is 9.97. The average Bonchev–Trinajstić information content (AvgIpc) is 3.17. The van der Waals surface area contributed by atoms with Crippen molar-refractivity contribution in [2.45, 2.75) is 48.7 Å². The molecule has 0 spiro atoms. The van der Waals surface area contributed by atoms with Gasteiger partial charge in [0.05, 0.1) is 12.1 Å². The van der Waals surface area contributed by atoms with Crippen molar-refractivity contribution in [1.29, 1.82) is 0 Å². The fourth-order valence-corrected chi connectivity index (χ4v) is 5.32.